The molecule has 1 fully saturated rings. The van der Waals surface area contributed by atoms with E-state index in [0.717, 1.165) is 32.9 Å². The van der Waals surface area contributed by atoms with Gasteiger partial charge >= 0.3 is 23.9 Å². The van der Waals surface area contributed by atoms with Gasteiger partial charge in [-0.1, -0.05) is 106 Å². The minimum absolute atomic E-state index is 0.0529. The third-order valence-electron chi connectivity index (χ3n) is 21.0. The lowest BCUT2D eigenvalue weighted by molar-refractivity contribution is -0.145. The van der Waals surface area contributed by atoms with Crippen LogP contribution in [0.2, 0.25) is 0 Å². The topological polar surface area (TPSA) is 689 Å². The highest BCUT2D eigenvalue weighted by atomic mass is 33.1. The van der Waals surface area contributed by atoms with E-state index in [1.807, 2.05) is 0 Å². The third-order valence-corrected chi connectivity index (χ3v) is 23.5. The minimum Gasteiger partial charge on any atom is -0.481 e. The van der Waals surface area contributed by atoms with Gasteiger partial charge in [0.25, 0.3) is 0 Å². The number of carboxylic acid groups (broad SMARTS) is 3. The van der Waals surface area contributed by atoms with Crippen molar-refractivity contribution >= 4 is 156 Å². The zero-order chi connectivity index (χ0) is 103. The van der Waals surface area contributed by atoms with Gasteiger partial charge in [0.15, 0.2) is 17.6 Å². The molecule has 3 heterocycles. The molecule has 0 unspecified atom stereocenters. The Balaban J connectivity index is 1.37. The Hall–Kier alpha value is -12.9. The molecule has 6 rings (SSSR count). The number of aliphatic carboxylic acids is 3. The summed E-state index contributed by atoms with van der Waals surface area (Å²) in [5.74, 6) is -26.0. The van der Waals surface area contributed by atoms with Gasteiger partial charge in [-0.2, -0.15) is 0 Å². The van der Waals surface area contributed by atoms with Crippen molar-refractivity contribution in [3.05, 3.63) is 102 Å². The molecule has 0 saturated carbocycles. The summed E-state index contributed by atoms with van der Waals surface area (Å²) in [7, 11) is 1.38. The number of rotatable bonds is 43. The number of carboxylic acids is 3. The van der Waals surface area contributed by atoms with E-state index >= 15 is 18.8 Å². The summed E-state index contributed by atoms with van der Waals surface area (Å²) in [4.78, 5) is 272. The van der Waals surface area contributed by atoms with E-state index in [4.69, 9.17) is 29.4 Å². The van der Waals surface area contributed by atoms with Crippen LogP contribution in [0.25, 0.3) is 21.8 Å². The molecule has 0 bridgehead atoms. The van der Waals surface area contributed by atoms with Crippen molar-refractivity contribution in [3.63, 3.8) is 0 Å². The average Bonchev–Trinajstić information content (AvgIpc) is 1.69. The number of amides is 15. The van der Waals surface area contributed by atoms with Crippen LogP contribution in [0.15, 0.2) is 79.1 Å². The molecule has 2 aromatic heterocycles. The van der Waals surface area contributed by atoms with Crippen molar-refractivity contribution in [2.45, 2.75) is 212 Å². The Kier molecular flexibility index (Phi) is 49.0. The molecule has 3 aromatic carbocycles. The number of esters is 1. The summed E-state index contributed by atoms with van der Waals surface area (Å²) in [5.41, 5.74) is 7.33. The Morgan fingerprint density at radius 2 is 1.07 bits per heavy atom. The van der Waals surface area contributed by atoms with E-state index < -0.39 is 271 Å². The zero-order valence-electron chi connectivity index (χ0n) is 78.6. The van der Waals surface area contributed by atoms with Crippen molar-refractivity contribution in [3.8, 4) is 5.75 Å². The van der Waals surface area contributed by atoms with E-state index in [2.05, 4.69) is 89.7 Å². The summed E-state index contributed by atoms with van der Waals surface area (Å²) in [5, 5.41) is 78.6. The van der Waals surface area contributed by atoms with Gasteiger partial charge in [0, 0.05) is 97.9 Å². The van der Waals surface area contributed by atoms with Gasteiger partial charge in [0.05, 0.1) is 84.8 Å². The van der Waals surface area contributed by atoms with Gasteiger partial charge in [-0.05, 0) is 91.8 Å². The quantitative estimate of drug-likeness (QED) is 0.00871. The van der Waals surface area contributed by atoms with E-state index in [0.29, 0.717) is 80.9 Å². The number of aliphatic hydroxyl groups excluding tert-OH is 1. The van der Waals surface area contributed by atoms with Crippen molar-refractivity contribution in [1.82, 2.24) is 89.7 Å². The Morgan fingerprint density at radius 1 is 0.540 bits per heavy atom. The first kappa shape index (κ1) is 115. The van der Waals surface area contributed by atoms with Crippen LogP contribution in [0, 0.1) is 23.6 Å². The number of carbonyl (C=O) groups is 19. The molecular weight excluding hydrogens is 1860 g/mol. The fraction of sp³-hybridized carbons (Fsp3) is 0.544. The molecule has 0 spiro atoms. The van der Waals surface area contributed by atoms with Gasteiger partial charge in [-0.3, -0.25) is 86.3 Å². The molecule has 23 N–H and O–H groups in total. The summed E-state index contributed by atoms with van der Waals surface area (Å²) in [6.45, 7) is 13.4. The largest absolute Gasteiger partial charge is 0.481 e. The first-order valence-corrected chi connectivity index (χ1v) is 47.6. The van der Waals surface area contributed by atoms with Gasteiger partial charge < -0.3 is 140 Å². The number of hydrogen-bond acceptors (Lipinski definition) is 28. The van der Waals surface area contributed by atoms with Crippen molar-refractivity contribution in [1.29, 1.82) is 0 Å². The smallest absolute Gasteiger partial charge is 0.328 e. The number of halogens is 1. The Morgan fingerprint density at radius 3 is 1.63 bits per heavy atom. The Labute approximate surface area is 807 Å². The first-order valence-electron chi connectivity index (χ1n) is 45.1. The van der Waals surface area contributed by atoms with Crippen LogP contribution in [0.5, 0.6) is 5.75 Å². The minimum atomic E-state index is -2.04. The summed E-state index contributed by atoms with van der Waals surface area (Å²) in [6, 6.07) is -4.61. The highest BCUT2D eigenvalue weighted by Crippen LogP contribution is 2.27. The molecule has 764 valence electrons. The molecule has 46 nitrogen and oxygen atoms in total. The zero-order valence-corrected chi connectivity index (χ0v) is 80.2. The second-order valence-corrected chi connectivity index (χ2v) is 36.4. The second kappa shape index (κ2) is 59.4. The number of aromatic amines is 2. The molecule has 13 atom stereocenters. The number of fused-ring (bicyclic) bond motifs is 2. The number of aromatic nitrogens is 2. The second-order valence-electron chi connectivity index (χ2n) is 33.8. The summed E-state index contributed by atoms with van der Waals surface area (Å²) < 4.78 is 42.5. The maximum Gasteiger partial charge on any atom is 0.328 e. The van der Waals surface area contributed by atoms with Crippen LogP contribution >= 0.6 is 21.6 Å². The number of para-hydroxylation sites is 2. The van der Waals surface area contributed by atoms with Crippen LogP contribution in [0.1, 0.15) is 130 Å². The van der Waals surface area contributed by atoms with Crippen LogP contribution in [0.3, 0.4) is 0 Å². The van der Waals surface area contributed by atoms with Crippen molar-refractivity contribution < 1.29 is 140 Å². The van der Waals surface area contributed by atoms with Gasteiger partial charge in [-0.25, -0.2) is 9.18 Å². The predicted molar refractivity (Wildman–Crippen MR) is 502 cm³/mol. The average molecular weight is 1990 g/mol. The first-order chi connectivity index (χ1) is 66.0. The number of nitrogens with two attached hydrogens (primary N) is 1. The fourth-order valence-corrected chi connectivity index (χ4v) is 16.2. The maximum atomic E-state index is 15.8. The lowest BCUT2D eigenvalue weighted by atomic mass is 9.98. The van der Waals surface area contributed by atoms with Crippen LogP contribution in [0.4, 0.5) is 4.39 Å². The van der Waals surface area contributed by atoms with Gasteiger partial charge in [-0.15, -0.1) is 0 Å². The van der Waals surface area contributed by atoms with Crippen molar-refractivity contribution in [2.24, 2.45) is 23.5 Å². The molecule has 1 saturated heterocycles. The van der Waals surface area contributed by atoms with E-state index in [1.54, 1.807) is 76.2 Å². The van der Waals surface area contributed by atoms with Gasteiger partial charge in [0.2, 0.25) is 88.6 Å². The van der Waals surface area contributed by atoms with E-state index in [9.17, 15) is 97.1 Å². The van der Waals surface area contributed by atoms with E-state index in [-0.39, 0.29) is 83.2 Å². The molecular formula is C90H127FN18O28S2. The molecule has 1 aliphatic heterocycles. The highest BCUT2D eigenvalue weighted by molar-refractivity contribution is 8.76. The number of ether oxygens (including phenoxy) is 5. The lowest BCUT2D eigenvalue weighted by Gasteiger charge is -2.29. The maximum absolute atomic E-state index is 15.8. The number of H-pyrrole nitrogens is 2. The van der Waals surface area contributed by atoms with E-state index in [1.165, 1.54) is 32.3 Å². The van der Waals surface area contributed by atoms with Crippen molar-refractivity contribution in [2.75, 3.05) is 84.0 Å². The van der Waals surface area contributed by atoms with Crippen LogP contribution < -0.4 is 90.2 Å². The summed E-state index contributed by atoms with van der Waals surface area (Å²) >= 11 is 0. The molecule has 15 amide bonds. The van der Waals surface area contributed by atoms with Crippen LogP contribution in [-0.4, -0.2) is 305 Å². The molecule has 49 heteroatoms. The molecule has 0 aliphatic carbocycles. The Bertz CT molecular complexity index is 5040. The number of hydrogen-bond donors (Lipinski definition) is 22. The SMILES string of the molecule is CC(=O)N[C@@H](CC(=O)O)C(=O)N[C@H]1CSSC[C@@H](C(=O)N[C@H](C(=O)O)[C@@H](C)O)NC(=O)[C@H](Cc2c[nH]c3ccccc23)NC(=O)[C@H](C(C)C)NC(=O)[C@H](CC(C)C)NC(=O)[C@H](CCC(=O)O)NC(=O)CNC(=O)[C@H](CC(C)C)NC(=O)[C@H](CC(=O)NCc2ccc(OC(=O)CCOCCOCCNC(=O)CCOCCOCCN)c(F)c2)NC(=O)[C@H](Cc2c[nH]c3ccccc23)NC(=O)[C@H](C)NC1=O. The molecule has 0 radical (unpaired) electrons. The van der Waals surface area contributed by atoms with Crippen LogP contribution in [-0.2, 0) is 129 Å². The summed E-state index contributed by atoms with van der Waals surface area (Å²) in [6.07, 6.45) is -3.52. The molecule has 139 heavy (non-hydrogen) atoms. The number of aliphatic hydroxyl groups is 1. The number of carbonyl (C=O) groups excluding carboxylic acids is 16. The molecule has 5 aromatic rings. The van der Waals surface area contributed by atoms with Gasteiger partial charge in [0.1, 0.15) is 66.5 Å². The third kappa shape index (κ3) is 40.9. The monoisotopic (exact) mass is 1990 g/mol. The lowest BCUT2D eigenvalue weighted by Crippen LogP contribution is -2.61. The normalized spacial score (nSPS) is 20.4. The standard InChI is InChI=1S/C90H127FN18O28S2/c1-47(2)34-62-80(121)97-44-73(114)100-61(19-21-74(115)116)81(122)103-63(35-48(3)4)86(127)108-77(49(5)6)89(130)105-65(38-55-43-95-60-17-13-11-15-57(55)60)83(124)107-69(88(129)109-78(51(8)110)90(131)132)46-139-138-45-68(106-85(126)67(40-75(117)118)99-52(9)111)87(128)98-50(7)79(120)101-64(37-54-42-94-59-16-12-10-14-56(54)59)82(123)104-66(84(125)102-62)39-72(113)96-41-53-18-20-70(58(91)36-53)137-76(119)23-27-134-31-33-136-29-25-93-71(112)22-26-133-30-32-135-28-24-92/h10-18,20,36,42-43,47-51,61-69,77-78,94-95,110H,19,21-35,37-41,44-46,92H2,1-9H3,(H,93,112)(H,96,113)(H,97,121)(H,98,128)(H,99,111)(H,100,114)(H,101,120)(H,102,125)(H,103,122)(H,104,123)(H,105,130)(H,106,126)(H,107,124)(H,108,127)(H,109,129)(H,115,116)(H,117,118)(H,131,132)/t50-,51+,61-,62-,63-,64-,65-,66-,67-,68-,69-,77-,78-/m0/s1. The highest BCUT2D eigenvalue weighted by Gasteiger charge is 2.40. The predicted octanol–water partition coefficient (Wildman–Crippen LogP) is -1.97. The molecule has 1 aliphatic rings. The number of benzene rings is 3. The fourth-order valence-electron chi connectivity index (χ4n) is 13.9. The number of nitrogens with one attached hydrogen (secondary N) is 17.